The first-order valence-electron chi connectivity index (χ1n) is 7.77. The van der Waals surface area contributed by atoms with Crippen molar-refractivity contribution in [1.29, 1.82) is 0 Å². The number of amides is 2. The maximum Gasteiger partial charge on any atom is 0.408 e. The topological polar surface area (TPSA) is 67.2 Å². The van der Waals surface area contributed by atoms with E-state index in [0.29, 0.717) is 6.42 Å². The summed E-state index contributed by atoms with van der Waals surface area (Å²) in [6.45, 7) is 1.00. The predicted molar refractivity (Wildman–Crippen MR) is 79.9 cm³/mol. The second kappa shape index (κ2) is 7.23. The number of carbonyl (C=O) groups excluding carboxylic acids is 2. The smallest absolute Gasteiger partial charge is 0.352 e. The van der Waals surface area contributed by atoms with Crippen molar-refractivity contribution in [3.8, 4) is 0 Å². The number of aryl methyl sites for hydroxylation is 2. The fraction of sp³-hybridized carbons (Fsp3) is 0.667. The van der Waals surface area contributed by atoms with E-state index in [1.165, 1.54) is 0 Å². The van der Waals surface area contributed by atoms with Crippen molar-refractivity contribution < 1.29 is 22.8 Å². The van der Waals surface area contributed by atoms with Crippen LogP contribution in [0.3, 0.4) is 0 Å². The van der Waals surface area contributed by atoms with Crippen LogP contribution in [0.25, 0.3) is 0 Å². The van der Waals surface area contributed by atoms with Gasteiger partial charge in [0.2, 0.25) is 11.8 Å². The number of aromatic nitrogens is 2. The Morgan fingerprint density at radius 2 is 2.08 bits per heavy atom. The third-order valence-electron chi connectivity index (χ3n) is 4.13. The van der Waals surface area contributed by atoms with Crippen molar-refractivity contribution >= 4 is 11.8 Å². The molecule has 0 unspecified atom stereocenters. The summed E-state index contributed by atoms with van der Waals surface area (Å²) in [7, 11) is 1.78. The molecule has 1 aromatic rings. The highest BCUT2D eigenvalue weighted by Crippen LogP contribution is 2.32. The van der Waals surface area contributed by atoms with E-state index in [4.69, 9.17) is 0 Å². The Bertz CT molecular complexity index is 600. The van der Waals surface area contributed by atoms with E-state index in [-0.39, 0.29) is 31.7 Å². The maximum atomic E-state index is 13.0. The van der Waals surface area contributed by atoms with E-state index in [1.54, 1.807) is 24.1 Å². The van der Waals surface area contributed by atoms with Crippen LogP contribution in [0.1, 0.15) is 31.7 Å². The molecule has 9 heteroatoms. The summed E-state index contributed by atoms with van der Waals surface area (Å²) in [4.78, 5) is 24.3. The van der Waals surface area contributed by atoms with Gasteiger partial charge in [-0.05, 0) is 24.8 Å². The molecule has 0 aliphatic carbocycles. The number of carbonyl (C=O) groups is 2. The summed E-state index contributed by atoms with van der Waals surface area (Å²) < 4.78 is 40.5. The minimum Gasteiger partial charge on any atom is -0.352 e. The first-order chi connectivity index (χ1) is 11.2. The van der Waals surface area contributed by atoms with Gasteiger partial charge in [-0.2, -0.15) is 18.3 Å². The van der Waals surface area contributed by atoms with Crippen LogP contribution in [0.2, 0.25) is 0 Å². The van der Waals surface area contributed by atoms with Crippen molar-refractivity contribution in [2.24, 2.45) is 7.05 Å². The number of alkyl halides is 3. The second-order valence-electron chi connectivity index (χ2n) is 6.09. The Kier molecular flexibility index (Phi) is 5.51. The highest BCUT2D eigenvalue weighted by Gasteiger charge is 2.47. The van der Waals surface area contributed by atoms with Crippen molar-refractivity contribution in [3.05, 3.63) is 18.0 Å². The van der Waals surface area contributed by atoms with Gasteiger partial charge in [-0.3, -0.25) is 14.3 Å². The molecular weight excluding hydrogens is 325 g/mol. The van der Waals surface area contributed by atoms with Crippen molar-refractivity contribution in [3.63, 3.8) is 0 Å². The van der Waals surface area contributed by atoms with Gasteiger partial charge in [0.15, 0.2) is 0 Å². The molecule has 0 radical (unpaired) electrons. The van der Waals surface area contributed by atoms with Gasteiger partial charge >= 0.3 is 6.18 Å². The number of piperidine rings is 1. The zero-order chi connectivity index (χ0) is 17.9. The summed E-state index contributed by atoms with van der Waals surface area (Å²) in [5, 5.41) is 6.73. The number of hydrogen-bond donors (Lipinski definition) is 1. The number of hydrogen-bond acceptors (Lipinski definition) is 3. The van der Waals surface area contributed by atoms with Gasteiger partial charge in [-0.15, -0.1) is 0 Å². The largest absolute Gasteiger partial charge is 0.408 e. The van der Waals surface area contributed by atoms with Gasteiger partial charge in [-0.1, -0.05) is 0 Å². The van der Waals surface area contributed by atoms with Crippen LogP contribution in [-0.2, 0) is 23.1 Å². The van der Waals surface area contributed by atoms with Gasteiger partial charge in [-0.25, -0.2) is 0 Å². The Balaban J connectivity index is 1.86. The van der Waals surface area contributed by atoms with E-state index in [2.05, 4.69) is 10.4 Å². The highest BCUT2D eigenvalue weighted by atomic mass is 19.4. The average Bonchev–Trinajstić information content (AvgIpc) is 2.89. The van der Waals surface area contributed by atoms with Gasteiger partial charge < -0.3 is 10.2 Å². The Morgan fingerprint density at radius 3 is 2.62 bits per heavy atom. The Morgan fingerprint density at radius 1 is 1.38 bits per heavy atom. The molecule has 1 aliphatic rings. The maximum absolute atomic E-state index is 13.0. The molecule has 2 rings (SSSR count). The molecule has 2 amide bonds. The molecule has 1 N–H and O–H groups in total. The molecule has 1 aromatic heterocycles. The quantitative estimate of drug-likeness (QED) is 0.896. The lowest BCUT2D eigenvalue weighted by Gasteiger charge is -2.40. The fourth-order valence-corrected chi connectivity index (χ4v) is 2.94. The molecule has 24 heavy (non-hydrogen) atoms. The van der Waals surface area contributed by atoms with E-state index in [9.17, 15) is 22.8 Å². The lowest BCUT2D eigenvalue weighted by Crippen LogP contribution is -2.57. The van der Waals surface area contributed by atoms with Crippen LogP contribution in [0.4, 0.5) is 13.2 Å². The molecule has 1 fully saturated rings. The standard InChI is InChI=1S/C15H21F3N4O2/c1-10(23)22-9-12(4-5-13(22)15(16,17)18)20-14(24)6-3-11-7-19-21(2)8-11/h7-8,12-13H,3-6,9H2,1-2H3,(H,20,24)/t12-,13+/m0/s1. The molecule has 2 heterocycles. The van der Waals surface area contributed by atoms with E-state index in [1.807, 2.05) is 0 Å². The molecule has 1 aliphatic heterocycles. The summed E-state index contributed by atoms with van der Waals surface area (Å²) in [5.74, 6) is -0.871. The molecular formula is C15H21F3N4O2. The number of nitrogens with zero attached hydrogens (tertiary/aromatic N) is 3. The van der Waals surface area contributed by atoms with Crippen LogP contribution >= 0.6 is 0 Å². The Labute approximate surface area is 138 Å². The third-order valence-corrected chi connectivity index (χ3v) is 4.13. The van der Waals surface area contributed by atoms with Gasteiger partial charge in [0.1, 0.15) is 6.04 Å². The molecule has 2 atom stereocenters. The molecule has 0 saturated carbocycles. The summed E-state index contributed by atoms with van der Waals surface area (Å²) in [6.07, 6.45) is -0.234. The monoisotopic (exact) mass is 346 g/mol. The molecule has 6 nitrogen and oxygen atoms in total. The minimum atomic E-state index is -4.44. The molecule has 0 bridgehead atoms. The summed E-state index contributed by atoms with van der Waals surface area (Å²) in [6, 6.07) is -2.22. The zero-order valence-electron chi connectivity index (χ0n) is 13.6. The van der Waals surface area contributed by atoms with Gasteiger partial charge in [0.05, 0.1) is 6.20 Å². The van der Waals surface area contributed by atoms with Crippen LogP contribution in [0, 0.1) is 0 Å². The van der Waals surface area contributed by atoms with Gasteiger partial charge in [0, 0.05) is 39.2 Å². The number of likely N-dealkylation sites (tertiary alicyclic amines) is 1. The van der Waals surface area contributed by atoms with Crippen molar-refractivity contribution in [1.82, 2.24) is 20.0 Å². The van der Waals surface area contributed by atoms with Crippen molar-refractivity contribution in [2.75, 3.05) is 6.54 Å². The lowest BCUT2D eigenvalue weighted by molar-refractivity contribution is -0.196. The van der Waals surface area contributed by atoms with Crippen molar-refractivity contribution in [2.45, 2.75) is 50.9 Å². The number of rotatable bonds is 4. The van der Waals surface area contributed by atoms with E-state index < -0.39 is 24.2 Å². The van der Waals surface area contributed by atoms with Gasteiger partial charge in [0.25, 0.3) is 0 Å². The molecule has 0 aromatic carbocycles. The highest BCUT2D eigenvalue weighted by molar-refractivity contribution is 5.77. The lowest BCUT2D eigenvalue weighted by atomic mass is 9.97. The van der Waals surface area contributed by atoms with Crippen LogP contribution in [0.5, 0.6) is 0 Å². The second-order valence-corrected chi connectivity index (χ2v) is 6.09. The SMILES string of the molecule is CC(=O)N1C[C@@H](NC(=O)CCc2cnn(C)c2)CC[C@@H]1C(F)(F)F. The van der Waals surface area contributed by atoms with Crippen LogP contribution in [0.15, 0.2) is 12.4 Å². The van der Waals surface area contributed by atoms with E-state index in [0.717, 1.165) is 17.4 Å². The molecule has 0 spiro atoms. The fourth-order valence-electron chi connectivity index (χ4n) is 2.94. The predicted octanol–water partition coefficient (Wildman–Crippen LogP) is 1.41. The van der Waals surface area contributed by atoms with Crippen LogP contribution < -0.4 is 5.32 Å². The normalized spacial score (nSPS) is 21.6. The molecule has 1 saturated heterocycles. The summed E-state index contributed by atoms with van der Waals surface area (Å²) >= 11 is 0. The van der Waals surface area contributed by atoms with Crippen LogP contribution in [-0.4, -0.2) is 51.3 Å². The number of nitrogens with one attached hydrogen (secondary N) is 1. The first kappa shape index (κ1) is 18.3. The minimum absolute atomic E-state index is 0.113. The summed E-state index contributed by atoms with van der Waals surface area (Å²) in [5.41, 5.74) is 0.916. The Hall–Kier alpha value is -2.06. The average molecular weight is 346 g/mol. The third kappa shape index (κ3) is 4.72. The number of halogens is 3. The first-order valence-corrected chi connectivity index (χ1v) is 7.77. The van der Waals surface area contributed by atoms with E-state index >= 15 is 0 Å². The molecule has 134 valence electrons. The zero-order valence-corrected chi connectivity index (χ0v) is 13.6.